The Kier molecular flexibility index (Phi) is 1.70. The van der Waals surface area contributed by atoms with Crippen LogP contribution in [0.4, 0.5) is 0 Å². The first-order valence-electron chi connectivity index (χ1n) is 4.28. The van der Waals surface area contributed by atoms with Crippen molar-refractivity contribution in [1.82, 2.24) is 4.57 Å². The molecule has 2 heteroatoms. The number of hydrogen-bond acceptors (Lipinski definition) is 1. The van der Waals surface area contributed by atoms with Gasteiger partial charge in [-0.2, -0.15) is 0 Å². The summed E-state index contributed by atoms with van der Waals surface area (Å²) in [7, 11) is 0. The van der Waals surface area contributed by atoms with E-state index in [0.717, 1.165) is 13.0 Å². The topological polar surface area (TPSA) is 30.9 Å². The second-order valence-corrected chi connectivity index (χ2v) is 3.23. The van der Waals surface area contributed by atoms with Crippen molar-refractivity contribution >= 4 is 0 Å². The van der Waals surface area contributed by atoms with Crippen LogP contribution in [0, 0.1) is 0 Å². The second kappa shape index (κ2) is 2.70. The smallest absolute Gasteiger partial charge is 0.0449 e. The van der Waals surface area contributed by atoms with Crippen molar-refractivity contribution in [3.63, 3.8) is 0 Å². The van der Waals surface area contributed by atoms with Crippen LogP contribution < -0.4 is 5.73 Å². The van der Waals surface area contributed by atoms with Gasteiger partial charge in [0.1, 0.15) is 0 Å². The molecule has 2 nitrogen and oxygen atoms in total. The zero-order chi connectivity index (χ0) is 7.68. The number of fused-ring (bicyclic) bond motifs is 1. The van der Waals surface area contributed by atoms with Crippen LogP contribution in [-0.2, 0) is 6.54 Å². The highest BCUT2D eigenvalue weighted by Gasteiger charge is 2.13. The van der Waals surface area contributed by atoms with Crippen molar-refractivity contribution in [3.8, 4) is 0 Å². The number of rotatable bonds is 0. The zero-order valence-corrected chi connectivity index (χ0v) is 6.66. The van der Waals surface area contributed by atoms with Gasteiger partial charge in [0.05, 0.1) is 0 Å². The standard InChI is InChI=1S/C9H14N2/c10-8-4-1-2-6-11-7-3-5-9(8)11/h3,5,7-8H,1-2,4,6,10H2. The highest BCUT2D eigenvalue weighted by Crippen LogP contribution is 2.21. The number of aryl methyl sites for hydroxylation is 1. The van der Waals surface area contributed by atoms with Crippen LogP contribution >= 0.6 is 0 Å². The molecule has 0 fully saturated rings. The summed E-state index contributed by atoms with van der Waals surface area (Å²) in [5.74, 6) is 0. The van der Waals surface area contributed by atoms with Crippen molar-refractivity contribution < 1.29 is 0 Å². The van der Waals surface area contributed by atoms with Crippen molar-refractivity contribution in [1.29, 1.82) is 0 Å². The molecule has 2 rings (SSSR count). The summed E-state index contributed by atoms with van der Waals surface area (Å²) >= 11 is 0. The molecule has 1 unspecified atom stereocenters. The molecule has 1 aliphatic heterocycles. The number of nitrogens with zero attached hydrogens (tertiary/aromatic N) is 1. The molecule has 1 aliphatic rings. The summed E-state index contributed by atoms with van der Waals surface area (Å²) in [6, 6.07) is 4.49. The van der Waals surface area contributed by atoms with Crippen molar-refractivity contribution in [2.45, 2.75) is 31.8 Å². The van der Waals surface area contributed by atoms with Crippen LogP contribution in [0.3, 0.4) is 0 Å². The fourth-order valence-corrected chi connectivity index (χ4v) is 1.76. The predicted octanol–water partition coefficient (Wildman–Crippen LogP) is 1.67. The average Bonchev–Trinajstić information content (AvgIpc) is 2.40. The first kappa shape index (κ1) is 6.92. The Morgan fingerprint density at radius 1 is 1.45 bits per heavy atom. The molecule has 2 N–H and O–H groups in total. The lowest BCUT2D eigenvalue weighted by Gasteiger charge is -2.09. The Balaban J connectivity index is 2.34. The summed E-state index contributed by atoms with van der Waals surface area (Å²) in [4.78, 5) is 0. The van der Waals surface area contributed by atoms with E-state index in [1.165, 1.54) is 18.5 Å². The van der Waals surface area contributed by atoms with Gasteiger partial charge in [0, 0.05) is 24.5 Å². The van der Waals surface area contributed by atoms with Crippen LogP contribution in [-0.4, -0.2) is 4.57 Å². The highest BCUT2D eigenvalue weighted by molar-refractivity contribution is 5.12. The molecule has 0 bridgehead atoms. The van der Waals surface area contributed by atoms with Crippen molar-refractivity contribution in [3.05, 3.63) is 24.0 Å². The van der Waals surface area contributed by atoms with E-state index < -0.39 is 0 Å². The summed E-state index contributed by atoms with van der Waals surface area (Å²) in [5, 5.41) is 0. The molecule has 0 aliphatic carbocycles. The Bertz CT molecular complexity index is 239. The third-order valence-corrected chi connectivity index (χ3v) is 2.41. The maximum absolute atomic E-state index is 5.97. The summed E-state index contributed by atoms with van der Waals surface area (Å²) < 4.78 is 2.28. The van der Waals surface area contributed by atoms with Crippen LogP contribution in [0.2, 0.25) is 0 Å². The minimum Gasteiger partial charge on any atom is -0.350 e. The maximum Gasteiger partial charge on any atom is 0.0449 e. The van der Waals surface area contributed by atoms with Gasteiger partial charge in [0.2, 0.25) is 0 Å². The van der Waals surface area contributed by atoms with E-state index in [2.05, 4.69) is 22.9 Å². The molecule has 1 atom stereocenters. The van der Waals surface area contributed by atoms with E-state index in [4.69, 9.17) is 5.73 Å². The van der Waals surface area contributed by atoms with Crippen LogP contribution in [0.25, 0.3) is 0 Å². The largest absolute Gasteiger partial charge is 0.350 e. The summed E-state index contributed by atoms with van der Waals surface area (Å²) in [6.45, 7) is 1.15. The number of aromatic nitrogens is 1. The van der Waals surface area contributed by atoms with Gasteiger partial charge in [0.25, 0.3) is 0 Å². The van der Waals surface area contributed by atoms with Gasteiger partial charge in [-0.15, -0.1) is 0 Å². The fraction of sp³-hybridized carbons (Fsp3) is 0.556. The highest BCUT2D eigenvalue weighted by atomic mass is 15.0. The molecular weight excluding hydrogens is 136 g/mol. The predicted molar refractivity (Wildman–Crippen MR) is 45.2 cm³/mol. The van der Waals surface area contributed by atoms with Gasteiger partial charge < -0.3 is 10.3 Å². The van der Waals surface area contributed by atoms with E-state index in [9.17, 15) is 0 Å². The molecule has 1 aromatic heterocycles. The molecule has 0 saturated heterocycles. The van der Waals surface area contributed by atoms with Gasteiger partial charge in [-0.05, 0) is 31.4 Å². The Morgan fingerprint density at radius 2 is 2.36 bits per heavy atom. The molecule has 0 saturated carbocycles. The third-order valence-electron chi connectivity index (χ3n) is 2.41. The lowest BCUT2D eigenvalue weighted by Crippen LogP contribution is -2.11. The fourth-order valence-electron chi connectivity index (χ4n) is 1.76. The lowest BCUT2D eigenvalue weighted by molar-refractivity contribution is 0.612. The van der Waals surface area contributed by atoms with E-state index in [1.54, 1.807) is 0 Å². The quantitative estimate of drug-likeness (QED) is 0.599. The number of hydrogen-bond donors (Lipinski definition) is 1. The summed E-state index contributed by atoms with van der Waals surface area (Å²) in [5.41, 5.74) is 7.28. The number of nitrogens with two attached hydrogens (primary N) is 1. The molecule has 0 radical (unpaired) electrons. The maximum atomic E-state index is 5.97. The van der Waals surface area contributed by atoms with E-state index in [0.29, 0.717) is 0 Å². The normalized spacial score (nSPS) is 24.3. The molecule has 2 heterocycles. The molecular formula is C9H14N2. The second-order valence-electron chi connectivity index (χ2n) is 3.23. The van der Waals surface area contributed by atoms with Gasteiger partial charge >= 0.3 is 0 Å². The lowest BCUT2D eigenvalue weighted by atomic mass is 10.1. The van der Waals surface area contributed by atoms with Gasteiger partial charge in [-0.1, -0.05) is 0 Å². The first-order valence-corrected chi connectivity index (χ1v) is 4.28. The minimum absolute atomic E-state index is 0.271. The Labute approximate surface area is 67.0 Å². The monoisotopic (exact) mass is 150 g/mol. The van der Waals surface area contributed by atoms with Gasteiger partial charge in [-0.3, -0.25) is 0 Å². The Hall–Kier alpha value is -0.760. The van der Waals surface area contributed by atoms with E-state index >= 15 is 0 Å². The van der Waals surface area contributed by atoms with Crippen LogP contribution in [0.15, 0.2) is 18.3 Å². The first-order chi connectivity index (χ1) is 5.38. The molecule has 0 aromatic carbocycles. The van der Waals surface area contributed by atoms with Crippen molar-refractivity contribution in [2.75, 3.05) is 0 Å². The van der Waals surface area contributed by atoms with Crippen LogP contribution in [0.1, 0.15) is 31.0 Å². The molecule has 0 amide bonds. The molecule has 11 heavy (non-hydrogen) atoms. The van der Waals surface area contributed by atoms with Crippen LogP contribution in [0.5, 0.6) is 0 Å². The minimum atomic E-state index is 0.271. The zero-order valence-electron chi connectivity index (χ0n) is 6.66. The molecule has 0 spiro atoms. The van der Waals surface area contributed by atoms with Gasteiger partial charge in [0.15, 0.2) is 0 Å². The Morgan fingerprint density at radius 3 is 3.27 bits per heavy atom. The molecule has 1 aromatic rings. The molecule has 60 valence electrons. The van der Waals surface area contributed by atoms with E-state index in [-0.39, 0.29) is 6.04 Å². The third kappa shape index (κ3) is 1.18. The van der Waals surface area contributed by atoms with Crippen molar-refractivity contribution in [2.24, 2.45) is 5.73 Å². The average molecular weight is 150 g/mol. The summed E-state index contributed by atoms with van der Waals surface area (Å²) in [6.07, 6.45) is 5.81. The SMILES string of the molecule is NC1CCCCn2cccc21. The van der Waals surface area contributed by atoms with E-state index in [1.807, 2.05) is 0 Å². The van der Waals surface area contributed by atoms with Gasteiger partial charge in [-0.25, -0.2) is 0 Å².